The number of nitrogens with one attached hydrogen (secondary N) is 1. The molecule has 0 bridgehead atoms. The average Bonchev–Trinajstić information content (AvgIpc) is 2.91. The quantitative estimate of drug-likeness (QED) is 0.891. The van der Waals surface area contributed by atoms with Gasteiger partial charge in [-0.3, -0.25) is 0 Å². The fourth-order valence-corrected chi connectivity index (χ4v) is 2.40. The maximum Gasteiger partial charge on any atom is 0.317 e. The van der Waals surface area contributed by atoms with Gasteiger partial charge in [-0.1, -0.05) is 30.7 Å². The molecule has 0 spiro atoms. The summed E-state index contributed by atoms with van der Waals surface area (Å²) in [5, 5.41) is 3.81. The third-order valence-electron chi connectivity index (χ3n) is 3.37. The van der Waals surface area contributed by atoms with E-state index in [-0.39, 0.29) is 12.1 Å². The summed E-state index contributed by atoms with van der Waals surface area (Å²) in [6.45, 7) is 3.83. The van der Waals surface area contributed by atoms with E-state index in [2.05, 4.69) is 12.2 Å². The molecule has 1 N–H and O–H groups in total. The van der Waals surface area contributed by atoms with Gasteiger partial charge in [0.2, 0.25) is 0 Å². The molecule has 1 aliphatic rings. The SMILES string of the molecule is CCC(NC(=O)N1CCCC1)c1ccc(Cl)cc1. The van der Waals surface area contributed by atoms with Crippen molar-refractivity contribution in [3.05, 3.63) is 34.9 Å². The first-order valence-corrected chi connectivity index (χ1v) is 6.89. The summed E-state index contributed by atoms with van der Waals surface area (Å²) in [7, 11) is 0. The Morgan fingerprint density at radius 3 is 2.50 bits per heavy atom. The summed E-state index contributed by atoms with van der Waals surface area (Å²) in [4.78, 5) is 13.9. The van der Waals surface area contributed by atoms with Gasteiger partial charge in [0, 0.05) is 18.1 Å². The van der Waals surface area contributed by atoms with Gasteiger partial charge in [0.15, 0.2) is 0 Å². The van der Waals surface area contributed by atoms with Gasteiger partial charge >= 0.3 is 6.03 Å². The maximum absolute atomic E-state index is 12.0. The molecule has 3 nitrogen and oxygen atoms in total. The summed E-state index contributed by atoms with van der Waals surface area (Å²) in [5.74, 6) is 0. The first-order valence-electron chi connectivity index (χ1n) is 6.51. The highest BCUT2D eigenvalue weighted by Gasteiger charge is 2.20. The molecule has 2 rings (SSSR count). The number of amides is 2. The number of carbonyl (C=O) groups excluding carboxylic acids is 1. The van der Waals surface area contributed by atoms with Gasteiger partial charge < -0.3 is 10.2 Å². The molecule has 1 aromatic carbocycles. The zero-order valence-corrected chi connectivity index (χ0v) is 11.4. The highest BCUT2D eigenvalue weighted by molar-refractivity contribution is 6.30. The van der Waals surface area contributed by atoms with Crippen molar-refractivity contribution < 1.29 is 4.79 Å². The van der Waals surface area contributed by atoms with Crippen LogP contribution in [0, 0.1) is 0 Å². The minimum atomic E-state index is 0.0503. The van der Waals surface area contributed by atoms with Crippen molar-refractivity contribution in [2.75, 3.05) is 13.1 Å². The average molecular weight is 267 g/mol. The van der Waals surface area contributed by atoms with Crippen molar-refractivity contribution in [1.29, 1.82) is 0 Å². The zero-order chi connectivity index (χ0) is 13.0. The predicted octanol–water partition coefficient (Wildman–Crippen LogP) is 3.60. The Labute approximate surface area is 113 Å². The molecule has 0 aromatic heterocycles. The molecule has 1 atom stereocenters. The van der Waals surface area contributed by atoms with E-state index >= 15 is 0 Å². The van der Waals surface area contributed by atoms with E-state index in [1.165, 1.54) is 0 Å². The highest BCUT2D eigenvalue weighted by Crippen LogP contribution is 2.20. The summed E-state index contributed by atoms with van der Waals surface area (Å²) in [5.41, 5.74) is 1.11. The van der Waals surface area contributed by atoms with E-state index in [1.54, 1.807) is 0 Å². The van der Waals surface area contributed by atoms with Crippen LogP contribution in [0.15, 0.2) is 24.3 Å². The van der Waals surface area contributed by atoms with Gasteiger partial charge in [0.25, 0.3) is 0 Å². The van der Waals surface area contributed by atoms with E-state index in [9.17, 15) is 4.79 Å². The lowest BCUT2D eigenvalue weighted by Crippen LogP contribution is -2.39. The Kier molecular flexibility index (Phi) is 4.48. The van der Waals surface area contributed by atoms with E-state index in [0.717, 1.165) is 42.9 Å². The first-order chi connectivity index (χ1) is 8.70. The number of hydrogen-bond acceptors (Lipinski definition) is 1. The molecular weight excluding hydrogens is 248 g/mol. The van der Waals surface area contributed by atoms with Gasteiger partial charge in [0.1, 0.15) is 0 Å². The monoisotopic (exact) mass is 266 g/mol. The van der Waals surface area contributed by atoms with Crippen LogP contribution in [-0.2, 0) is 0 Å². The second-order valence-electron chi connectivity index (χ2n) is 4.66. The minimum Gasteiger partial charge on any atom is -0.331 e. The normalized spacial score (nSPS) is 16.7. The van der Waals surface area contributed by atoms with E-state index in [4.69, 9.17) is 11.6 Å². The Hall–Kier alpha value is -1.22. The van der Waals surface area contributed by atoms with E-state index < -0.39 is 0 Å². The molecule has 4 heteroatoms. The number of hydrogen-bond donors (Lipinski definition) is 1. The number of halogens is 1. The minimum absolute atomic E-state index is 0.0503. The third-order valence-corrected chi connectivity index (χ3v) is 3.62. The van der Waals surface area contributed by atoms with Gasteiger partial charge in [-0.2, -0.15) is 0 Å². The number of urea groups is 1. The summed E-state index contributed by atoms with van der Waals surface area (Å²) in [6.07, 6.45) is 3.11. The van der Waals surface area contributed by atoms with Gasteiger partial charge in [-0.05, 0) is 37.0 Å². The Morgan fingerprint density at radius 1 is 1.33 bits per heavy atom. The van der Waals surface area contributed by atoms with E-state index in [0.29, 0.717) is 0 Å². The number of rotatable bonds is 3. The number of benzene rings is 1. The van der Waals surface area contributed by atoms with Crippen LogP contribution in [0.3, 0.4) is 0 Å². The van der Waals surface area contributed by atoms with Crippen LogP contribution in [0.25, 0.3) is 0 Å². The molecule has 1 aromatic rings. The van der Waals surface area contributed by atoms with E-state index in [1.807, 2.05) is 29.2 Å². The number of nitrogens with zero attached hydrogens (tertiary/aromatic N) is 1. The van der Waals surface area contributed by atoms with Crippen molar-refractivity contribution in [3.8, 4) is 0 Å². The van der Waals surface area contributed by atoms with Crippen molar-refractivity contribution >= 4 is 17.6 Å². The van der Waals surface area contributed by atoms with Crippen molar-refractivity contribution in [2.45, 2.75) is 32.2 Å². The molecule has 1 fully saturated rings. The predicted molar refractivity (Wildman–Crippen MR) is 73.8 cm³/mol. The second kappa shape index (κ2) is 6.10. The molecule has 0 aliphatic carbocycles. The van der Waals surface area contributed by atoms with Crippen LogP contribution < -0.4 is 5.32 Å². The summed E-state index contributed by atoms with van der Waals surface area (Å²) in [6, 6.07) is 7.79. The molecule has 1 heterocycles. The molecule has 18 heavy (non-hydrogen) atoms. The number of likely N-dealkylation sites (tertiary alicyclic amines) is 1. The molecule has 1 aliphatic heterocycles. The lowest BCUT2D eigenvalue weighted by molar-refractivity contribution is 0.204. The molecule has 1 saturated heterocycles. The maximum atomic E-state index is 12.0. The van der Waals surface area contributed by atoms with Crippen LogP contribution in [0.4, 0.5) is 4.79 Å². The Balaban J connectivity index is 2.00. The summed E-state index contributed by atoms with van der Waals surface area (Å²) < 4.78 is 0. The molecule has 1 unspecified atom stereocenters. The summed E-state index contributed by atoms with van der Waals surface area (Å²) >= 11 is 5.87. The zero-order valence-electron chi connectivity index (χ0n) is 10.7. The second-order valence-corrected chi connectivity index (χ2v) is 5.09. The van der Waals surface area contributed by atoms with Crippen LogP contribution >= 0.6 is 11.6 Å². The lowest BCUT2D eigenvalue weighted by Gasteiger charge is -2.22. The van der Waals surface area contributed by atoms with Gasteiger partial charge in [-0.15, -0.1) is 0 Å². The largest absolute Gasteiger partial charge is 0.331 e. The highest BCUT2D eigenvalue weighted by atomic mass is 35.5. The third kappa shape index (κ3) is 3.16. The first kappa shape index (κ1) is 13.2. The Bertz CT molecular complexity index is 399. The van der Waals surface area contributed by atoms with Crippen molar-refractivity contribution in [2.24, 2.45) is 0 Å². The molecule has 2 amide bonds. The molecular formula is C14H19ClN2O. The number of carbonyl (C=O) groups is 1. The fraction of sp³-hybridized carbons (Fsp3) is 0.500. The van der Waals surface area contributed by atoms with Crippen LogP contribution in [0.1, 0.15) is 37.8 Å². The molecule has 0 radical (unpaired) electrons. The molecule has 98 valence electrons. The molecule has 0 saturated carbocycles. The smallest absolute Gasteiger partial charge is 0.317 e. The van der Waals surface area contributed by atoms with Crippen LogP contribution in [0.2, 0.25) is 5.02 Å². The Morgan fingerprint density at radius 2 is 1.94 bits per heavy atom. The standard InChI is InChI=1S/C14H19ClN2O/c1-2-13(11-5-7-12(15)8-6-11)16-14(18)17-9-3-4-10-17/h5-8,13H,2-4,9-10H2,1H3,(H,16,18). The van der Waals surface area contributed by atoms with Gasteiger partial charge in [-0.25, -0.2) is 4.79 Å². The van der Waals surface area contributed by atoms with Crippen molar-refractivity contribution in [1.82, 2.24) is 10.2 Å². The topological polar surface area (TPSA) is 32.3 Å². The van der Waals surface area contributed by atoms with Crippen molar-refractivity contribution in [3.63, 3.8) is 0 Å². The van der Waals surface area contributed by atoms with Gasteiger partial charge in [0.05, 0.1) is 6.04 Å². The lowest BCUT2D eigenvalue weighted by atomic mass is 10.1. The van der Waals surface area contributed by atoms with Crippen LogP contribution in [-0.4, -0.2) is 24.0 Å². The fourth-order valence-electron chi connectivity index (χ4n) is 2.28. The van der Waals surface area contributed by atoms with Crippen LogP contribution in [0.5, 0.6) is 0 Å².